The predicted octanol–water partition coefficient (Wildman–Crippen LogP) is 2.68. The number of H-pyrrole nitrogens is 1. The van der Waals surface area contributed by atoms with E-state index in [-0.39, 0.29) is 0 Å². The van der Waals surface area contributed by atoms with Crippen LogP contribution in [0.4, 0.5) is 0 Å². The van der Waals surface area contributed by atoms with E-state index in [0.717, 1.165) is 28.2 Å². The van der Waals surface area contributed by atoms with Crippen LogP contribution in [-0.2, 0) is 12.2 Å². The SMILES string of the molecule is c1ccc(Cc2n[nH]c(SCc3ccco3)n2)nc1. The molecule has 0 aliphatic rings. The van der Waals surface area contributed by atoms with Gasteiger partial charge in [-0.25, -0.2) is 4.98 Å². The number of rotatable bonds is 5. The number of hydrogen-bond donors (Lipinski definition) is 1. The average molecular weight is 272 g/mol. The smallest absolute Gasteiger partial charge is 0.184 e. The fraction of sp³-hybridized carbons (Fsp3) is 0.154. The Morgan fingerprint density at radius 1 is 1.21 bits per heavy atom. The molecule has 19 heavy (non-hydrogen) atoms. The molecule has 96 valence electrons. The van der Waals surface area contributed by atoms with Gasteiger partial charge in [0.1, 0.15) is 5.76 Å². The van der Waals surface area contributed by atoms with Crippen molar-refractivity contribution in [3.63, 3.8) is 0 Å². The van der Waals surface area contributed by atoms with E-state index in [0.29, 0.717) is 6.42 Å². The van der Waals surface area contributed by atoms with Gasteiger partial charge in [0, 0.05) is 11.9 Å². The van der Waals surface area contributed by atoms with Crippen molar-refractivity contribution < 1.29 is 4.42 Å². The zero-order valence-electron chi connectivity index (χ0n) is 10.1. The van der Waals surface area contributed by atoms with Gasteiger partial charge in [-0.1, -0.05) is 17.8 Å². The second kappa shape index (κ2) is 5.71. The lowest BCUT2D eigenvalue weighted by molar-refractivity contribution is 0.530. The van der Waals surface area contributed by atoms with E-state index in [9.17, 15) is 0 Å². The molecule has 3 aromatic heterocycles. The quantitative estimate of drug-likeness (QED) is 0.723. The van der Waals surface area contributed by atoms with Crippen molar-refractivity contribution in [2.24, 2.45) is 0 Å². The molecule has 3 aromatic rings. The number of aromatic nitrogens is 4. The van der Waals surface area contributed by atoms with Crippen molar-refractivity contribution in [2.75, 3.05) is 0 Å². The molecule has 0 bridgehead atoms. The fourth-order valence-corrected chi connectivity index (χ4v) is 2.35. The molecule has 5 nitrogen and oxygen atoms in total. The highest BCUT2D eigenvalue weighted by Gasteiger charge is 2.06. The standard InChI is InChI=1S/C13H12N4OS/c1-2-6-14-10(4-1)8-12-15-13(17-16-12)19-9-11-5-3-7-18-11/h1-7H,8-9H2,(H,15,16,17). The highest BCUT2D eigenvalue weighted by atomic mass is 32.2. The summed E-state index contributed by atoms with van der Waals surface area (Å²) in [7, 11) is 0. The third kappa shape index (κ3) is 3.23. The molecular formula is C13H12N4OS. The molecule has 6 heteroatoms. The monoisotopic (exact) mass is 272 g/mol. The highest BCUT2D eigenvalue weighted by molar-refractivity contribution is 7.98. The summed E-state index contributed by atoms with van der Waals surface area (Å²) in [6, 6.07) is 9.64. The van der Waals surface area contributed by atoms with Gasteiger partial charge in [-0.15, -0.1) is 0 Å². The summed E-state index contributed by atoms with van der Waals surface area (Å²) in [5.41, 5.74) is 0.962. The van der Waals surface area contributed by atoms with Crippen molar-refractivity contribution in [1.29, 1.82) is 0 Å². The molecule has 3 rings (SSSR count). The summed E-state index contributed by atoms with van der Waals surface area (Å²) in [6.45, 7) is 0. The minimum absolute atomic E-state index is 0.638. The van der Waals surface area contributed by atoms with Crippen LogP contribution in [0.3, 0.4) is 0 Å². The second-order valence-electron chi connectivity index (χ2n) is 3.92. The van der Waals surface area contributed by atoms with Gasteiger partial charge in [-0.3, -0.25) is 10.1 Å². The molecule has 3 heterocycles. The normalized spacial score (nSPS) is 10.7. The van der Waals surface area contributed by atoms with Crippen LogP contribution in [0.1, 0.15) is 17.3 Å². The Hall–Kier alpha value is -2.08. The number of hydrogen-bond acceptors (Lipinski definition) is 5. The summed E-state index contributed by atoms with van der Waals surface area (Å²) in [4.78, 5) is 8.67. The lowest BCUT2D eigenvalue weighted by Crippen LogP contribution is -1.93. The van der Waals surface area contributed by atoms with E-state index in [1.54, 1.807) is 24.2 Å². The first-order chi connectivity index (χ1) is 9.40. The number of thioether (sulfide) groups is 1. The Labute approximate surface area is 114 Å². The van der Waals surface area contributed by atoms with Crippen LogP contribution in [0.2, 0.25) is 0 Å². The lowest BCUT2D eigenvalue weighted by Gasteiger charge is -1.94. The number of furan rings is 1. The first kappa shape index (κ1) is 12.0. The maximum absolute atomic E-state index is 5.26. The fourth-order valence-electron chi connectivity index (χ4n) is 1.62. The number of nitrogens with one attached hydrogen (secondary N) is 1. The maximum atomic E-state index is 5.26. The molecule has 0 radical (unpaired) electrons. The topological polar surface area (TPSA) is 67.6 Å². The number of aromatic amines is 1. The predicted molar refractivity (Wildman–Crippen MR) is 71.7 cm³/mol. The van der Waals surface area contributed by atoms with E-state index in [2.05, 4.69) is 20.2 Å². The first-order valence-corrected chi connectivity index (χ1v) is 6.85. The zero-order chi connectivity index (χ0) is 12.9. The molecule has 0 spiro atoms. The largest absolute Gasteiger partial charge is 0.468 e. The highest BCUT2D eigenvalue weighted by Crippen LogP contribution is 2.19. The zero-order valence-corrected chi connectivity index (χ0v) is 10.9. The van der Waals surface area contributed by atoms with Crippen LogP contribution in [0.15, 0.2) is 52.4 Å². The molecule has 0 aromatic carbocycles. The summed E-state index contributed by atoms with van der Waals surface area (Å²) >= 11 is 1.57. The summed E-state index contributed by atoms with van der Waals surface area (Å²) in [5, 5.41) is 7.90. The van der Waals surface area contributed by atoms with E-state index in [4.69, 9.17) is 4.42 Å². The molecular weight excluding hydrogens is 260 g/mol. The molecule has 0 fully saturated rings. The third-order valence-electron chi connectivity index (χ3n) is 2.51. The van der Waals surface area contributed by atoms with Crippen molar-refractivity contribution in [3.8, 4) is 0 Å². The van der Waals surface area contributed by atoms with Crippen LogP contribution in [-0.4, -0.2) is 20.2 Å². The molecule has 0 saturated heterocycles. The molecule has 0 aliphatic heterocycles. The van der Waals surface area contributed by atoms with Crippen molar-refractivity contribution in [2.45, 2.75) is 17.3 Å². The molecule has 0 amide bonds. The summed E-state index contributed by atoms with van der Waals surface area (Å²) in [6.07, 6.45) is 4.08. The van der Waals surface area contributed by atoms with Gasteiger partial charge in [-0.2, -0.15) is 5.10 Å². The van der Waals surface area contributed by atoms with Crippen molar-refractivity contribution >= 4 is 11.8 Å². The van der Waals surface area contributed by atoms with Crippen LogP contribution in [0.5, 0.6) is 0 Å². The Morgan fingerprint density at radius 2 is 2.21 bits per heavy atom. The summed E-state index contributed by atoms with van der Waals surface area (Å²) < 4.78 is 5.26. The Morgan fingerprint density at radius 3 is 3.00 bits per heavy atom. The molecule has 0 atom stereocenters. The molecule has 1 N–H and O–H groups in total. The van der Waals surface area contributed by atoms with E-state index in [1.807, 2.05) is 30.3 Å². The molecule has 0 saturated carbocycles. The Balaban J connectivity index is 1.60. The van der Waals surface area contributed by atoms with Crippen molar-refractivity contribution in [1.82, 2.24) is 20.2 Å². The van der Waals surface area contributed by atoms with Crippen LogP contribution in [0, 0.1) is 0 Å². The lowest BCUT2D eigenvalue weighted by atomic mass is 10.3. The summed E-state index contributed by atoms with van der Waals surface area (Å²) in [5.74, 6) is 2.42. The number of nitrogens with zero attached hydrogens (tertiary/aromatic N) is 3. The minimum Gasteiger partial charge on any atom is -0.468 e. The maximum Gasteiger partial charge on any atom is 0.184 e. The molecule has 0 unspecified atom stereocenters. The van der Waals surface area contributed by atoms with Gasteiger partial charge in [0.2, 0.25) is 0 Å². The first-order valence-electron chi connectivity index (χ1n) is 5.86. The van der Waals surface area contributed by atoms with E-state index in [1.165, 1.54) is 0 Å². The van der Waals surface area contributed by atoms with E-state index < -0.39 is 0 Å². The van der Waals surface area contributed by atoms with Crippen LogP contribution in [0.25, 0.3) is 0 Å². The Kier molecular flexibility index (Phi) is 3.60. The third-order valence-corrected chi connectivity index (χ3v) is 3.39. The second-order valence-corrected chi connectivity index (χ2v) is 4.89. The van der Waals surface area contributed by atoms with Gasteiger partial charge < -0.3 is 4.42 Å². The van der Waals surface area contributed by atoms with Gasteiger partial charge in [0.15, 0.2) is 11.0 Å². The average Bonchev–Trinajstić information content (AvgIpc) is 3.09. The van der Waals surface area contributed by atoms with Gasteiger partial charge in [0.05, 0.1) is 18.4 Å². The van der Waals surface area contributed by atoms with Gasteiger partial charge in [-0.05, 0) is 24.3 Å². The van der Waals surface area contributed by atoms with Gasteiger partial charge >= 0.3 is 0 Å². The Bertz CT molecular complexity index is 621. The van der Waals surface area contributed by atoms with Crippen LogP contribution >= 0.6 is 11.8 Å². The van der Waals surface area contributed by atoms with E-state index >= 15 is 0 Å². The number of pyridine rings is 1. The van der Waals surface area contributed by atoms with Crippen LogP contribution < -0.4 is 0 Å². The molecule has 0 aliphatic carbocycles. The van der Waals surface area contributed by atoms with Gasteiger partial charge in [0.25, 0.3) is 0 Å². The minimum atomic E-state index is 0.638. The van der Waals surface area contributed by atoms with Crippen molar-refractivity contribution in [3.05, 3.63) is 60.1 Å².